The van der Waals surface area contributed by atoms with Crippen molar-refractivity contribution in [3.63, 3.8) is 0 Å². The van der Waals surface area contributed by atoms with Crippen molar-refractivity contribution in [3.8, 4) is 22.6 Å². The lowest BCUT2D eigenvalue weighted by atomic mass is 10.1. The normalized spacial score (nSPS) is 14.3. The maximum atomic E-state index is 6.28. The number of morpholine rings is 1. The van der Waals surface area contributed by atoms with Gasteiger partial charge in [-0.2, -0.15) is 0 Å². The van der Waals surface area contributed by atoms with Crippen LogP contribution >= 0.6 is 23.2 Å². The van der Waals surface area contributed by atoms with Crippen LogP contribution < -0.4 is 15.2 Å². The molecule has 1 saturated heterocycles. The molecule has 1 aliphatic rings. The molecule has 2 aromatic carbocycles. The number of hydrogen-bond donors (Lipinski definition) is 1. The lowest BCUT2D eigenvalue weighted by molar-refractivity contribution is 0.0322. The van der Waals surface area contributed by atoms with E-state index in [2.05, 4.69) is 9.88 Å². The molecule has 0 bridgehead atoms. The first-order valence-corrected chi connectivity index (χ1v) is 11.2. The molecule has 8 heteroatoms. The Balaban J connectivity index is 1.48. The SMILES string of the molecule is Nc1nccc(-c2cccc(OCCN3CCOCC3)c2)c1OCc1c(Cl)cccc1Cl. The van der Waals surface area contributed by atoms with E-state index in [0.717, 1.165) is 49.7 Å². The standard InChI is InChI=1S/C24H25Cl2N3O3/c25-21-5-2-6-22(26)20(21)16-32-23-19(7-8-28-24(23)27)17-3-1-4-18(15-17)31-14-11-29-9-12-30-13-10-29/h1-8,15H,9-14,16H2,(H2,27,28). The Hall–Kier alpha value is -2.51. The molecule has 0 amide bonds. The maximum absolute atomic E-state index is 6.28. The molecule has 1 aromatic heterocycles. The number of benzene rings is 2. The van der Waals surface area contributed by atoms with Gasteiger partial charge in [0.25, 0.3) is 0 Å². The Morgan fingerprint density at radius 3 is 2.53 bits per heavy atom. The van der Waals surface area contributed by atoms with E-state index in [1.54, 1.807) is 24.4 Å². The fraction of sp³-hybridized carbons (Fsp3) is 0.292. The molecule has 168 valence electrons. The summed E-state index contributed by atoms with van der Waals surface area (Å²) in [5, 5.41) is 1.08. The average molecular weight is 474 g/mol. The highest BCUT2D eigenvalue weighted by molar-refractivity contribution is 6.35. The van der Waals surface area contributed by atoms with Gasteiger partial charge in [0.1, 0.15) is 19.0 Å². The second-order valence-electron chi connectivity index (χ2n) is 7.39. The number of nitrogens with two attached hydrogens (primary N) is 1. The molecular weight excluding hydrogens is 449 g/mol. The van der Waals surface area contributed by atoms with Gasteiger partial charge in [-0.05, 0) is 35.9 Å². The fourth-order valence-electron chi connectivity index (χ4n) is 3.53. The highest BCUT2D eigenvalue weighted by Crippen LogP contribution is 2.36. The third-order valence-corrected chi connectivity index (χ3v) is 5.99. The van der Waals surface area contributed by atoms with Crippen LogP contribution in [0.15, 0.2) is 54.7 Å². The van der Waals surface area contributed by atoms with E-state index < -0.39 is 0 Å². The lowest BCUT2D eigenvalue weighted by Gasteiger charge is -2.26. The zero-order valence-corrected chi connectivity index (χ0v) is 19.1. The fourth-order valence-corrected chi connectivity index (χ4v) is 4.04. The molecule has 0 unspecified atom stereocenters. The largest absolute Gasteiger partial charge is 0.492 e. The Bertz CT molecular complexity index is 1040. The number of nitrogens with zero attached hydrogens (tertiary/aromatic N) is 2. The maximum Gasteiger partial charge on any atom is 0.169 e. The van der Waals surface area contributed by atoms with Gasteiger partial charge in [-0.25, -0.2) is 4.98 Å². The van der Waals surface area contributed by atoms with E-state index in [0.29, 0.717) is 33.8 Å². The average Bonchev–Trinajstić information content (AvgIpc) is 2.80. The van der Waals surface area contributed by atoms with Crippen LogP contribution in [0.25, 0.3) is 11.1 Å². The second-order valence-corrected chi connectivity index (χ2v) is 8.21. The molecule has 0 atom stereocenters. The van der Waals surface area contributed by atoms with Crippen LogP contribution in [-0.2, 0) is 11.3 Å². The van der Waals surface area contributed by atoms with E-state index >= 15 is 0 Å². The monoisotopic (exact) mass is 473 g/mol. The summed E-state index contributed by atoms with van der Waals surface area (Å²) < 4.78 is 17.4. The van der Waals surface area contributed by atoms with Crippen molar-refractivity contribution in [3.05, 3.63) is 70.3 Å². The number of aromatic nitrogens is 1. The molecule has 6 nitrogen and oxygen atoms in total. The van der Waals surface area contributed by atoms with Crippen LogP contribution in [0.2, 0.25) is 10.0 Å². The summed E-state index contributed by atoms with van der Waals surface area (Å²) in [4.78, 5) is 6.52. The first kappa shape index (κ1) is 22.7. The summed E-state index contributed by atoms with van der Waals surface area (Å²) in [5.41, 5.74) is 8.59. The summed E-state index contributed by atoms with van der Waals surface area (Å²) in [6.07, 6.45) is 1.66. The topological polar surface area (TPSA) is 69.8 Å². The Morgan fingerprint density at radius 1 is 1.00 bits per heavy atom. The molecule has 0 radical (unpaired) electrons. The van der Waals surface area contributed by atoms with E-state index in [1.165, 1.54) is 0 Å². The highest BCUT2D eigenvalue weighted by atomic mass is 35.5. The predicted molar refractivity (Wildman–Crippen MR) is 128 cm³/mol. The number of pyridine rings is 1. The third kappa shape index (κ3) is 5.64. The molecular formula is C24H25Cl2N3O3. The van der Waals surface area contributed by atoms with E-state index in [-0.39, 0.29) is 6.61 Å². The van der Waals surface area contributed by atoms with Crippen molar-refractivity contribution < 1.29 is 14.2 Å². The van der Waals surface area contributed by atoms with Gasteiger partial charge in [-0.15, -0.1) is 0 Å². The van der Waals surface area contributed by atoms with Crippen molar-refractivity contribution >= 4 is 29.0 Å². The molecule has 32 heavy (non-hydrogen) atoms. The number of nitrogen functional groups attached to an aromatic ring is 1. The van der Waals surface area contributed by atoms with Crippen LogP contribution in [0.5, 0.6) is 11.5 Å². The van der Waals surface area contributed by atoms with Crippen LogP contribution in [0.3, 0.4) is 0 Å². The van der Waals surface area contributed by atoms with Crippen LogP contribution in [0.4, 0.5) is 5.82 Å². The van der Waals surface area contributed by atoms with Gasteiger partial charge in [-0.3, -0.25) is 4.90 Å². The van der Waals surface area contributed by atoms with Gasteiger partial charge in [0, 0.05) is 47.0 Å². The molecule has 1 fully saturated rings. The Labute approximate surface area is 197 Å². The minimum atomic E-state index is 0.178. The minimum absolute atomic E-state index is 0.178. The summed E-state index contributed by atoms with van der Waals surface area (Å²) in [6.45, 7) is 5.09. The van der Waals surface area contributed by atoms with Gasteiger partial charge >= 0.3 is 0 Å². The molecule has 2 N–H and O–H groups in total. The van der Waals surface area contributed by atoms with Gasteiger partial charge in [0.2, 0.25) is 0 Å². The molecule has 3 aromatic rings. The first-order chi connectivity index (χ1) is 15.6. The van der Waals surface area contributed by atoms with Crippen LogP contribution in [0.1, 0.15) is 5.56 Å². The zero-order chi connectivity index (χ0) is 22.3. The van der Waals surface area contributed by atoms with E-state index in [1.807, 2.05) is 30.3 Å². The minimum Gasteiger partial charge on any atom is -0.492 e. The molecule has 0 aliphatic carbocycles. The van der Waals surface area contributed by atoms with Gasteiger partial charge < -0.3 is 19.9 Å². The van der Waals surface area contributed by atoms with Crippen molar-refractivity contribution in [1.29, 1.82) is 0 Å². The summed E-state index contributed by atoms with van der Waals surface area (Å²) in [6, 6.07) is 15.1. The number of rotatable bonds is 8. The molecule has 2 heterocycles. The summed E-state index contributed by atoms with van der Waals surface area (Å²) in [7, 11) is 0. The Morgan fingerprint density at radius 2 is 1.75 bits per heavy atom. The third-order valence-electron chi connectivity index (χ3n) is 5.28. The van der Waals surface area contributed by atoms with E-state index in [9.17, 15) is 0 Å². The highest BCUT2D eigenvalue weighted by Gasteiger charge is 2.15. The number of anilines is 1. The molecule has 1 aliphatic heterocycles. The predicted octanol–water partition coefficient (Wildman–Crippen LogP) is 4.93. The second kappa shape index (κ2) is 10.9. The first-order valence-electron chi connectivity index (χ1n) is 10.5. The lowest BCUT2D eigenvalue weighted by Crippen LogP contribution is -2.38. The zero-order valence-electron chi connectivity index (χ0n) is 17.6. The van der Waals surface area contributed by atoms with E-state index in [4.69, 9.17) is 43.1 Å². The molecule has 0 spiro atoms. The molecule has 0 saturated carbocycles. The quantitative estimate of drug-likeness (QED) is 0.500. The van der Waals surface area contributed by atoms with Gasteiger partial charge in [-0.1, -0.05) is 41.4 Å². The molecule has 4 rings (SSSR count). The smallest absolute Gasteiger partial charge is 0.169 e. The summed E-state index contributed by atoms with van der Waals surface area (Å²) in [5.74, 6) is 1.56. The van der Waals surface area contributed by atoms with Crippen LogP contribution in [-0.4, -0.2) is 49.3 Å². The number of ether oxygens (including phenoxy) is 3. The van der Waals surface area contributed by atoms with Crippen molar-refractivity contribution in [1.82, 2.24) is 9.88 Å². The van der Waals surface area contributed by atoms with Crippen molar-refractivity contribution in [2.24, 2.45) is 0 Å². The van der Waals surface area contributed by atoms with Crippen molar-refractivity contribution in [2.75, 3.05) is 45.2 Å². The number of halogens is 2. The number of hydrogen-bond acceptors (Lipinski definition) is 6. The van der Waals surface area contributed by atoms with Crippen molar-refractivity contribution in [2.45, 2.75) is 6.61 Å². The Kier molecular flexibility index (Phi) is 7.71. The van der Waals surface area contributed by atoms with Gasteiger partial charge in [0.15, 0.2) is 11.6 Å². The summed E-state index contributed by atoms with van der Waals surface area (Å²) >= 11 is 12.6. The van der Waals surface area contributed by atoms with Gasteiger partial charge in [0.05, 0.1) is 13.2 Å². The van der Waals surface area contributed by atoms with Crippen LogP contribution in [0, 0.1) is 0 Å².